The molecule has 2 rings (SSSR count). The molecule has 0 heterocycles. The summed E-state index contributed by atoms with van der Waals surface area (Å²) in [4.78, 5) is 57.0. The molecule has 0 saturated carbocycles. The average molecular weight is 597 g/mol. The van der Waals surface area contributed by atoms with Crippen molar-refractivity contribution in [1.29, 1.82) is 0 Å². The Morgan fingerprint density at radius 1 is 0.763 bits per heavy atom. The van der Waals surface area contributed by atoms with Gasteiger partial charge >= 0.3 is 23.9 Å². The number of aldehydes is 1. The molecule has 0 N–H and O–H groups in total. The van der Waals surface area contributed by atoms with Gasteiger partial charge in [-0.05, 0) is 31.5 Å². The van der Waals surface area contributed by atoms with Crippen LogP contribution in [-0.2, 0) is 24.4 Å². The number of hydrogen-bond acceptors (Lipinski definition) is 11. The highest BCUT2D eigenvalue weighted by Crippen LogP contribution is 2.31. The van der Waals surface area contributed by atoms with Crippen LogP contribution in [0.1, 0.15) is 64.3 Å². The molecule has 0 bridgehead atoms. The van der Waals surface area contributed by atoms with Gasteiger partial charge in [0.2, 0.25) is 0 Å². The Kier molecular flexibility index (Phi) is 13.5. The van der Waals surface area contributed by atoms with Crippen molar-refractivity contribution in [2.24, 2.45) is 0 Å². The van der Waals surface area contributed by atoms with Crippen LogP contribution >= 0.6 is 15.9 Å². The van der Waals surface area contributed by atoms with Crippen LogP contribution in [0.15, 0.2) is 24.3 Å². The normalized spacial score (nSPS) is 9.76. The summed E-state index contributed by atoms with van der Waals surface area (Å²) in [6.45, 7) is 6.18. The van der Waals surface area contributed by atoms with Gasteiger partial charge in [0.15, 0.2) is 6.29 Å². The standard InChI is InChI=1S/C13H15BrO5.C13H14O6/c2*1-4-18-13(16)12-9(7-14)5-10(17-3)6-11(12)19-8(2)15/h5-6H,4,7H2,1-3H3;5-7H,4H2,1-3H3. The maximum atomic E-state index is 12.0. The minimum absolute atomic E-state index is 0.0362. The number of halogens is 1. The first-order chi connectivity index (χ1) is 18.1. The van der Waals surface area contributed by atoms with Crippen LogP contribution in [0.25, 0.3) is 0 Å². The first kappa shape index (κ1) is 32.1. The van der Waals surface area contributed by atoms with Gasteiger partial charge < -0.3 is 28.4 Å². The molecule has 206 valence electrons. The van der Waals surface area contributed by atoms with Crippen LogP contribution in [0.3, 0.4) is 0 Å². The summed E-state index contributed by atoms with van der Waals surface area (Å²) in [7, 11) is 2.89. The van der Waals surface area contributed by atoms with Gasteiger partial charge in [-0.25, -0.2) is 9.59 Å². The number of ether oxygens (including phenoxy) is 6. The molecule has 12 heteroatoms. The zero-order valence-corrected chi connectivity index (χ0v) is 23.5. The largest absolute Gasteiger partial charge is 0.497 e. The van der Waals surface area contributed by atoms with E-state index in [9.17, 15) is 24.0 Å². The zero-order chi connectivity index (χ0) is 28.8. The molecular formula is C26H29BrO11. The second-order valence-corrected chi connectivity index (χ2v) is 7.69. The van der Waals surface area contributed by atoms with Crippen LogP contribution in [0, 0.1) is 0 Å². The number of alkyl halides is 1. The molecular weight excluding hydrogens is 568 g/mol. The van der Waals surface area contributed by atoms with Crippen LogP contribution in [0.4, 0.5) is 0 Å². The third-order valence-corrected chi connectivity index (χ3v) is 5.08. The van der Waals surface area contributed by atoms with E-state index in [2.05, 4.69) is 15.9 Å². The molecule has 0 fully saturated rings. The van der Waals surface area contributed by atoms with Crippen molar-refractivity contribution in [2.45, 2.75) is 33.0 Å². The van der Waals surface area contributed by atoms with E-state index in [0.29, 0.717) is 28.7 Å². The lowest BCUT2D eigenvalue weighted by atomic mass is 10.1. The number of hydrogen-bond donors (Lipinski definition) is 0. The maximum Gasteiger partial charge on any atom is 0.342 e. The van der Waals surface area contributed by atoms with E-state index in [1.165, 1.54) is 46.3 Å². The van der Waals surface area contributed by atoms with E-state index in [4.69, 9.17) is 28.4 Å². The zero-order valence-electron chi connectivity index (χ0n) is 21.9. The van der Waals surface area contributed by atoms with Gasteiger partial charge in [-0.2, -0.15) is 0 Å². The van der Waals surface area contributed by atoms with Crippen molar-refractivity contribution in [3.63, 3.8) is 0 Å². The molecule has 0 atom stereocenters. The van der Waals surface area contributed by atoms with Gasteiger partial charge in [-0.15, -0.1) is 0 Å². The molecule has 0 aliphatic carbocycles. The second kappa shape index (κ2) is 16.0. The second-order valence-electron chi connectivity index (χ2n) is 7.13. The topological polar surface area (TPSA) is 141 Å². The number of methoxy groups -OCH3 is 2. The Morgan fingerprint density at radius 2 is 1.21 bits per heavy atom. The van der Waals surface area contributed by atoms with Crippen molar-refractivity contribution in [1.82, 2.24) is 0 Å². The molecule has 0 unspecified atom stereocenters. The van der Waals surface area contributed by atoms with Crippen molar-refractivity contribution in [3.8, 4) is 23.0 Å². The first-order valence-corrected chi connectivity index (χ1v) is 12.3. The summed E-state index contributed by atoms with van der Waals surface area (Å²) in [5.74, 6) is -1.52. The van der Waals surface area contributed by atoms with Crippen molar-refractivity contribution in [2.75, 3.05) is 27.4 Å². The summed E-state index contributed by atoms with van der Waals surface area (Å²) in [6.07, 6.45) is 0.474. The fraction of sp³-hybridized carbons (Fsp3) is 0.346. The molecule has 0 spiro atoms. The van der Waals surface area contributed by atoms with Crippen molar-refractivity contribution >= 4 is 46.1 Å². The molecule has 0 amide bonds. The van der Waals surface area contributed by atoms with Gasteiger partial charge in [0, 0.05) is 36.9 Å². The summed E-state index contributed by atoms with van der Waals surface area (Å²) < 4.78 is 29.9. The molecule has 0 saturated heterocycles. The van der Waals surface area contributed by atoms with Gasteiger partial charge in [0.1, 0.15) is 34.1 Å². The highest BCUT2D eigenvalue weighted by molar-refractivity contribution is 9.08. The molecule has 0 aliphatic heterocycles. The van der Waals surface area contributed by atoms with Crippen LogP contribution in [0.5, 0.6) is 23.0 Å². The quantitative estimate of drug-likeness (QED) is 0.168. The van der Waals surface area contributed by atoms with Gasteiger partial charge in [0.25, 0.3) is 0 Å². The highest BCUT2D eigenvalue weighted by atomic mass is 79.9. The summed E-state index contributed by atoms with van der Waals surface area (Å²) in [6, 6.07) is 5.89. The Balaban J connectivity index is 0.000000380. The number of rotatable bonds is 10. The maximum absolute atomic E-state index is 12.0. The van der Waals surface area contributed by atoms with Gasteiger partial charge in [0.05, 0.1) is 27.4 Å². The lowest BCUT2D eigenvalue weighted by Crippen LogP contribution is -2.13. The van der Waals surface area contributed by atoms with Crippen LogP contribution in [-0.4, -0.2) is 57.6 Å². The molecule has 0 aliphatic rings. The van der Waals surface area contributed by atoms with E-state index in [-0.39, 0.29) is 41.4 Å². The van der Waals surface area contributed by atoms with E-state index in [1.807, 2.05) is 0 Å². The van der Waals surface area contributed by atoms with Crippen molar-refractivity contribution in [3.05, 3.63) is 46.5 Å². The Bertz CT molecular complexity index is 1170. The molecule has 11 nitrogen and oxygen atoms in total. The first-order valence-electron chi connectivity index (χ1n) is 11.2. The third-order valence-electron chi connectivity index (χ3n) is 4.47. The lowest BCUT2D eigenvalue weighted by Gasteiger charge is -2.13. The molecule has 2 aromatic rings. The Hall–Kier alpha value is -3.93. The van der Waals surface area contributed by atoms with Crippen molar-refractivity contribution < 1.29 is 52.4 Å². The fourth-order valence-corrected chi connectivity index (χ4v) is 3.46. The van der Waals surface area contributed by atoms with E-state index in [0.717, 1.165) is 0 Å². The van der Waals surface area contributed by atoms with Gasteiger partial charge in [-0.3, -0.25) is 14.4 Å². The SMILES string of the molecule is CCOC(=O)c1c(C=O)cc(OC)cc1OC(C)=O.CCOC(=O)c1c(CBr)cc(OC)cc1OC(C)=O. The molecule has 0 aromatic heterocycles. The van der Waals surface area contributed by atoms with Crippen LogP contribution < -0.4 is 18.9 Å². The van der Waals surface area contributed by atoms with Crippen LogP contribution in [0.2, 0.25) is 0 Å². The third kappa shape index (κ3) is 9.18. The lowest BCUT2D eigenvalue weighted by molar-refractivity contribution is -0.132. The van der Waals surface area contributed by atoms with E-state index in [1.54, 1.807) is 19.9 Å². The molecule has 38 heavy (non-hydrogen) atoms. The number of esters is 4. The predicted molar refractivity (Wildman–Crippen MR) is 139 cm³/mol. The predicted octanol–water partition coefficient (Wildman–Crippen LogP) is 4.30. The van der Waals surface area contributed by atoms with E-state index >= 15 is 0 Å². The molecule has 2 aromatic carbocycles. The number of carbonyl (C=O) groups is 5. The monoisotopic (exact) mass is 596 g/mol. The minimum Gasteiger partial charge on any atom is -0.497 e. The Labute approximate surface area is 228 Å². The summed E-state index contributed by atoms with van der Waals surface area (Å²) >= 11 is 3.29. The number of carbonyl (C=O) groups excluding carboxylic acids is 5. The summed E-state index contributed by atoms with van der Waals surface area (Å²) in [5.41, 5.74) is 0.811. The number of benzene rings is 2. The smallest absolute Gasteiger partial charge is 0.342 e. The Morgan fingerprint density at radius 3 is 1.61 bits per heavy atom. The van der Waals surface area contributed by atoms with E-state index < -0.39 is 23.9 Å². The summed E-state index contributed by atoms with van der Waals surface area (Å²) in [5, 5.41) is 0.409. The average Bonchev–Trinajstić information content (AvgIpc) is 2.87. The fourth-order valence-electron chi connectivity index (χ4n) is 3.02. The minimum atomic E-state index is -0.733. The highest BCUT2D eigenvalue weighted by Gasteiger charge is 2.22. The van der Waals surface area contributed by atoms with Gasteiger partial charge in [-0.1, -0.05) is 15.9 Å². The molecule has 0 radical (unpaired) electrons.